The van der Waals surface area contributed by atoms with E-state index in [1.807, 2.05) is 55.5 Å². The Morgan fingerprint density at radius 2 is 1.68 bits per heavy atom. The molecule has 1 N–H and O–H groups in total. The lowest BCUT2D eigenvalue weighted by atomic mass is 10.0. The van der Waals surface area contributed by atoms with Gasteiger partial charge in [-0.1, -0.05) is 79.5 Å². The SMILES string of the molecule is CCCNC(=O)C(Cc1ccccc1)N(Cc1c(Cl)cccc1Cl)C(=O)COc1ccc(CC)cc1Br. The third-order valence-corrected chi connectivity index (χ3v) is 7.29. The summed E-state index contributed by atoms with van der Waals surface area (Å²) in [6.45, 7) is 4.37. The predicted octanol–water partition coefficient (Wildman–Crippen LogP) is 6.86. The number of hydrogen-bond acceptors (Lipinski definition) is 3. The molecule has 3 aromatic carbocycles. The lowest BCUT2D eigenvalue weighted by Gasteiger charge is -2.32. The van der Waals surface area contributed by atoms with Crippen LogP contribution in [0.3, 0.4) is 0 Å². The maximum atomic E-state index is 13.7. The van der Waals surface area contributed by atoms with Crippen molar-refractivity contribution in [3.63, 3.8) is 0 Å². The molecule has 1 atom stereocenters. The second kappa shape index (κ2) is 14.4. The van der Waals surface area contributed by atoms with Gasteiger partial charge in [0.2, 0.25) is 5.91 Å². The lowest BCUT2D eigenvalue weighted by molar-refractivity contribution is -0.142. The molecule has 3 aromatic rings. The van der Waals surface area contributed by atoms with Gasteiger partial charge in [0.05, 0.1) is 4.47 Å². The van der Waals surface area contributed by atoms with Gasteiger partial charge in [-0.15, -0.1) is 0 Å². The molecule has 0 saturated carbocycles. The molecule has 5 nitrogen and oxygen atoms in total. The van der Waals surface area contributed by atoms with Crippen LogP contribution in [0.5, 0.6) is 5.75 Å². The average molecular weight is 606 g/mol. The largest absolute Gasteiger partial charge is 0.483 e. The third-order valence-electron chi connectivity index (χ3n) is 5.97. The second-order valence-corrected chi connectivity index (χ2v) is 10.3. The summed E-state index contributed by atoms with van der Waals surface area (Å²) in [5.74, 6) is -0.0398. The molecule has 0 aromatic heterocycles. The molecule has 0 aliphatic carbocycles. The molecular formula is C29H31BrCl2N2O3. The van der Waals surface area contributed by atoms with Crippen LogP contribution < -0.4 is 10.1 Å². The zero-order valence-electron chi connectivity index (χ0n) is 21.0. The Morgan fingerprint density at radius 1 is 0.973 bits per heavy atom. The van der Waals surface area contributed by atoms with Crippen molar-refractivity contribution < 1.29 is 14.3 Å². The maximum Gasteiger partial charge on any atom is 0.261 e. The highest BCUT2D eigenvalue weighted by Gasteiger charge is 2.31. The molecule has 2 amide bonds. The molecule has 0 heterocycles. The number of nitrogens with zero attached hydrogens (tertiary/aromatic N) is 1. The van der Waals surface area contributed by atoms with Gasteiger partial charge < -0.3 is 15.0 Å². The fourth-order valence-corrected chi connectivity index (χ4v) is 4.94. The first kappa shape index (κ1) is 29.0. The zero-order chi connectivity index (χ0) is 26.8. The summed E-state index contributed by atoms with van der Waals surface area (Å²) in [6.07, 6.45) is 2.00. The van der Waals surface area contributed by atoms with Crippen molar-refractivity contribution in [1.29, 1.82) is 0 Å². The first-order valence-corrected chi connectivity index (χ1v) is 13.8. The molecule has 8 heteroatoms. The van der Waals surface area contributed by atoms with Gasteiger partial charge >= 0.3 is 0 Å². The van der Waals surface area contributed by atoms with Crippen LogP contribution in [0.15, 0.2) is 71.2 Å². The highest BCUT2D eigenvalue weighted by atomic mass is 79.9. The van der Waals surface area contributed by atoms with E-state index in [0.717, 1.165) is 28.4 Å². The molecule has 0 bridgehead atoms. The van der Waals surface area contributed by atoms with Gasteiger partial charge in [0.25, 0.3) is 5.91 Å². The third kappa shape index (κ3) is 8.22. The molecule has 0 radical (unpaired) electrons. The Bertz CT molecular complexity index is 1190. The number of hydrogen-bond donors (Lipinski definition) is 1. The van der Waals surface area contributed by atoms with Crippen LogP contribution in [0.2, 0.25) is 10.0 Å². The van der Waals surface area contributed by atoms with Crippen LogP contribution in [0.4, 0.5) is 0 Å². The van der Waals surface area contributed by atoms with E-state index in [-0.39, 0.29) is 25.0 Å². The van der Waals surface area contributed by atoms with E-state index in [1.54, 1.807) is 18.2 Å². The number of amides is 2. The molecular weight excluding hydrogens is 575 g/mol. The van der Waals surface area contributed by atoms with Crippen LogP contribution in [-0.4, -0.2) is 35.9 Å². The van der Waals surface area contributed by atoms with Crippen LogP contribution in [0.25, 0.3) is 0 Å². The predicted molar refractivity (Wildman–Crippen MR) is 153 cm³/mol. The van der Waals surface area contributed by atoms with E-state index in [1.165, 1.54) is 4.90 Å². The highest BCUT2D eigenvalue weighted by molar-refractivity contribution is 9.10. The smallest absolute Gasteiger partial charge is 0.261 e. The highest BCUT2D eigenvalue weighted by Crippen LogP contribution is 2.29. The molecule has 0 aliphatic rings. The number of ether oxygens (including phenoxy) is 1. The summed E-state index contributed by atoms with van der Waals surface area (Å²) >= 11 is 16.5. The lowest BCUT2D eigenvalue weighted by Crippen LogP contribution is -2.51. The fraction of sp³-hybridized carbons (Fsp3) is 0.310. The summed E-state index contributed by atoms with van der Waals surface area (Å²) in [7, 11) is 0. The Kier molecular flexibility index (Phi) is 11.3. The maximum absolute atomic E-state index is 13.7. The van der Waals surface area contributed by atoms with Gasteiger partial charge in [-0.3, -0.25) is 9.59 Å². The monoisotopic (exact) mass is 604 g/mol. The molecule has 0 spiro atoms. The molecule has 0 aliphatic heterocycles. The minimum Gasteiger partial charge on any atom is -0.483 e. The van der Waals surface area contributed by atoms with Crippen molar-refractivity contribution in [3.8, 4) is 5.75 Å². The number of halogens is 3. The quantitative estimate of drug-likeness (QED) is 0.245. The minimum atomic E-state index is -0.789. The number of carbonyl (C=O) groups is 2. The van der Waals surface area contributed by atoms with Crippen molar-refractivity contribution in [3.05, 3.63) is 97.9 Å². The van der Waals surface area contributed by atoms with Crippen LogP contribution >= 0.6 is 39.1 Å². The van der Waals surface area contributed by atoms with Crippen molar-refractivity contribution in [2.75, 3.05) is 13.2 Å². The average Bonchev–Trinajstić information content (AvgIpc) is 2.90. The summed E-state index contributed by atoms with van der Waals surface area (Å²) in [4.78, 5) is 28.6. The van der Waals surface area contributed by atoms with Gasteiger partial charge in [-0.05, 0) is 64.2 Å². The van der Waals surface area contributed by atoms with E-state index in [0.29, 0.717) is 34.3 Å². The molecule has 1 unspecified atom stereocenters. The van der Waals surface area contributed by atoms with Crippen LogP contribution in [0, 0.1) is 0 Å². The van der Waals surface area contributed by atoms with E-state index < -0.39 is 6.04 Å². The number of carbonyl (C=O) groups excluding carboxylic acids is 2. The van der Waals surface area contributed by atoms with Crippen molar-refractivity contribution in [2.24, 2.45) is 0 Å². The van der Waals surface area contributed by atoms with Gasteiger partial charge in [0.15, 0.2) is 6.61 Å². The Hall–Kier alpha value is -2.54. The number of aryl methyl sites for hydroxylation is 1. The summed E-state index contributed by atoms with van der Waals surface area (Å²) in [5.41, 5.74) is 2.66. The van der Waals surface area contributed by atoms with E-state index in [2.05, 4.69) is 28.2 Å². The van der Waals surface area contributed by atoms with Crippen molar-refractivity contribution in [2.45, 2.75) is 45.7 Å². The number of rotatable bonds is 12. The number of benzene rings is 3. The van der Waals surface area contributed by atoms with Crippen LogP contribution in [0.1, 0.15) is 37.0 Å². The van der Waals surface area contributed by atoms with E-state index in [9.17, 15) is 9.59 Å². The van der Waals surface area contributed by atoms with Crippen molar-refractivity contribution in [1.82, 2.24) is 10.2 Å². The van der Waals surface area contributed by atoms with Gasteiger partial charge in [0, 0.05) is 35.1 Å². The van der Waals surface area contributed by atoms with Gasteiger partial charge in [-0.2, -0.15) is 0 Å². The van der Waals surface area contributed by atoms with Gasteiger partial charge in [-0.25, -0.2) is 0 Å². The van der Waals surface area contributed by atoms with Gasteiger partial charge in [0.1, 0.15) is 11.8 Å². The fourth-order valence-electron chi connectivity index (χ4n) is 3.88. The van der Waals surface area contributed by atoms with Crippen molar-refractivity contribution >= 4 is 50.9 Å². The van der Waals surface area contributed by atoms with E-state index >= 15 is 0 Å². The normalized spacial score (nSPS) is 11.6. The Morgan fingerprint density at radius 3 is 2.30 bits per heavy atom. The molecule has 37 heavy (non-hydrogen) atoms. The first-order chi connectivity index (χ1) is 17.8. The Labute approximate surface area is 237 Å². The topological polar surface area (TPSA) is 58.6 Å². The minimum absolute atomic E-state index is 0.0632. The second-order valence-electron chi connectivity index (χ2n) is 8.63. The summed E-state index contributed by atoms with van der Waals surface area (Å²) < 4.78 is 6.67. The molecule has 0 fully saturated rings. The molecule has 196 valence electrons. The zero-order valence-corrected chi connectivity index (χ0v) is 24.1. The Balaban J connectivity index is 1.94. The van der Waals surface area contributed by atoms with E-state index in [4.69, 9.17) is 27.9 Å². The first-order valence-electron chi connectivity index (χ1n) is 12.3. The molecule has 3 rings (SSSR count). The standard InChI is InChI=1S/C29H31BrCl2N2O3/c1-3-15-33-29(36)26(17-21-9-6-5-7-10-21)34(18-22-24(31)11-8-12-25(22)32)28(35)19-37-27-14-13-20(4-2)16-23(27)30/h5-14,16,26H,3-4,15,17-19H2,1-2H3,(H,33,36). The number of nitrogens with one attached hydrogen (secondary N) is 1. The molecule has 0 saturated heterocycles. The summed E-state index contributed by atoms with van der Waals surface area (Å²) in [5, 5.41) is 3.81. The summed E-state index contributed by atoms with van der Waals surface area (Å²) in [6, 6.07) is 19.8. The van der Waals surface area contributed by atoms with Crippen LogP contribution in [-0.2, 0) is 29.0 Å².